The summed E-state index contributed by atoms with van der Waals surface area (Å²) >= 11 is 0. The van der Waals surface area contributed by atoms with E-state index < -0.39 is 0 Å². The van der Waals surface area contributed by atoms with Crippen LogP contribution in [0.2, 0.25) is 0 Å². The van der Waals surface area contributed by atoms with Gasteiger partial charge in [0.05, 0.1) is 0 Å². The van der Waals surface area contributed by atoms with Crippen LogP contribution in [-0.2, 0) is 5.41 Å². The van der Waals surface area contributed by atoms with Gasteiger partial charge in [-0.05, 0) is 11.6 Å². The fourth-order valence-corrected chi connectivity index (χ4v) is 1.52. The Morgan fingerprint density at radius 3 is 2.29 bits per heavy atom. The van der Waals surface area contributed by atoms with Gasteiger partial charge in [-0.2, -0.15) is 0 Å². The minimum Gasteiger partial charge on any atom is -0.377 e. The smallest absolute Gasteiger partial charge is 0.0402 e. The summed E-state index contributed by atoms with van der Waals surface area (Å²) in [5.74, 6) is 0. The van der Waals surface area contributed by atoms with Crippen LogP contribution in [0.3, 0.4) is 0 Å². The van der Waals surface area contributed by atoms with Crippen molar-refractivity contribution in [3.63, 3.8) is 0 Å². The van der Waals surface area contributed by atoms with E-state index in [0.29, 0.717) is 0 Å². The number of allylic oxidation sites excluding steroid dienone is 1. The maximum atomic E-state index is 3.89. The van der Waals surface area contributed by atoms with E-state index in [-0.39, 0.29) is 5.41 Å². The highest BCUT2D eigenvalue weighted by Crippen LogP contribution is 2.31. The van der Waals surface area contributed by atoms with Crippen LogP contribution in [0.1, 0.15) is 19.4 Å². The Hall–Kier alpha value is -1.24. The molecular weight excluding hydrogens is 170 g/mol. The molecule has 0 aliphatic heterocycles. The second-order valence-corrected chi connectivity index (χ2v) is 4.34. The molecule has 0 aliphatic carbocycles. The van der Waals surface area contributed by atoms with Gasteiger partial charge in [0.1, 0.15) is 0 Å². The summed E-state index contributed by atoms with van der Waals surface area (Å²) < 4.78 is 0. The van der Waals surface area contributed by atoms with E-state index in [1.54, 1.807) is 0 Å². The number of anilines is 1. The number of para-hydroxylation sites is 1. The molecule has 0 saturated heterocycles. The van der Waals surface area contributed by atoms with E-state index >= 15 is 0 Å². The van der Waals surface area contributed by atoms with Crippen LogP contribution in [0.15, 0.2) is 36.9 Å². The lowest BCUT2D eigenvalue weighted by atomic mass is 9.83. The molecule has 0 aromatic heterocycles. The number of hydrogen-bond donors (Lipinski definition) is 0. The van der Waals surface area contributed by atoms with Gasteiger partial charge in [0, 0.05) is 25.2 Å². The van der Waals surface area contributed by atoms with Gasteiger partial charge in [0.15, 0.2) is 0 Å². The summed E-state index contributed by atoms with van der Waals surface area (Å²) in [6, 6.07) is 8.45. The zero-order valence-electron chi connectivity index (χ0n) is 9.54. The first-order valence-corrected chi connectivity index (χ1v) is 4.89. The van der Waals surface area contributed by atoms with E-state index in [4.69, 9.17) is 0 Å². The summed E-state index contributed by atoms with van der Waals surface area (Å²) in [4.78, 5) is 2.14. The fourth-order valence-electron chi connectivity index (χ4n) is 1.52. The lowest BCUT2D eigenvalue weighted by Crippen LogP contribution is -2.19. The second-order valence-electron chi connectivity index (χ2n) is 4.34. The number of hydrogen-bond acceptors (Lipinski definition) is 1. The van der Waals surface area contributed by atoms with Crippen LogP contribution < -0.4 is 4.90 Å². The van der Waals surface area contributed by atoms with Crippen LogP contribution in [0.25, 0.3) is 0 Å². The molecule has 76 valence electrons. The molecule has 0 fully saturated rings. The van der Waals surface area contributed by atoms with E-state index in [1.807, 2.05) is 6.08 Å². The first-order valence-electron chi connectivity index (χ1n) is 4.89. The van der Waals surface area contributed by atoms with Crippen molar-refractivity contribution in [2.45, 2.75) is 19.3 Å². The molecule has 1 nitrogen and oxygen atoms in total. The molecule has 1 aromatic carbocycles. The maximum absolute atomic E-state index is 3.89. The quantitative estimate of drug-likeness (QED) is 0.660. The predicted octanol–water partition coefficient (Wildman–Crippen LogP) is 3.22. The molecule has 0 heterocycles. The minimum atomic E-state index is 0.0286. The van der Waals surface area contributed by atoms with Crippen molar-refractivity contribution in [2.24, 2.45) is 0 Å². The largest absolute Gasteiger partial charge is 0.377 e. The number of benzene rings is 1. The second kappa shape index (κ2) is 3.87. The third-order valence-corrected chi connectivity index (χ3v) is 2.59. The Balaban J connectivity index is 3.26. The molecule has 0 radical (unpaired) electrons. The average molecular weight is 189 g/mol. The van der Waals surface area contributed by atoms with Gasteiger partial charge in [0.25, 0.3) is 0 Å². The first-order chi connectivity index (χ1) is 6.49. The van der Waals surface area contributed by atoms with Gasteiger partial charge >= 0.3 is 0 Å². The van der Waals surface area contributed by atoms with Gasteiger partial charge in [0.2, 0.25) is 0 Å². The van der Waals surface area contributed by atoms with Crippen molar-refractivity contribution in [1.82, 2.24) is 0 Å². The highest BCUT2D eigenvalue weighted by atomic mass is 15.1. The monoisotopic (exact) mass is 189 g/mol. The summed E-state index contributed by atoms with van der Waals surface area (Å²) in [6.45, 7) is 8.26. The highest BCUT2D eigenvalue weighted by Gasteiger charge is 2.19. The topological polar surface area (TPSA) is 3.24 Å². The van der Waals surface area contributed by atoms with Crippen molar-refractivity contribution in [3.8, 4) is 0 Å². The molecule has 1 rings (SSSR count). The van der Waals surface area contributed by atoms with Crippen molar-refractivity contribution in [1.29, 1.82) is 0 Å². The maximum Gasteiger partial charge on any atom is 0.0402 e. The molecule has 0 amide bonds. The van der Waals surface area contributed by atoms with E-state index in [9.17, 15) is 0 Å². The van der Waals surface area contributed by atoms with Crippen molar-refractivity contribution in [2.75, 3.05) is 19.0 Å². The molecule has 14 heavy (non-hydrogen) atoms. The van der Waals surface area contributed by atoms with Gasteiger partial charge in [-0.25, -0.2) is 0 Å². The lowest BCUT2D eigenvalue weighted by Gasteiger charge is -2.27. The van der Waals surface area contributed by atoms with Crippen LogP contribution in [-0.4, -0.2) is 14.1 Å². The SMILES string of the molecule is C=CC(C)(C)c1ccccc1N(C)C. The van der Waals surface area contributed by atoms with E-state index in [0.717, 1.165) is 0 Å². The molecule has 1 heteroatoms. The normalized spacial score (nSPS) is 11.1. The zero-order chi connectivity index (χ0) is 10.8. The Bertz CT molecular complexity index is 324. The molecule has 1 aromatic rings. The molecular formula is C13H19N. The number of nitrogens with zero attached hydrogens (tertiary/aromatic N) is 1. The molecule has 0 unspecified atom stereocenters. The van der Waals surface area contributed by atoms with Crippen molar-refractivity contribution in [3.05, 3.63) is 42.5 Å². The fraction of sp³-hybridized carbons (Fsp3) is 0.385. The molecule has 0 saturated carbocycles. The first kappa shape index (κ1) is 10.8. The van der Waals surface area contributed by atoms with Crippen LogP contribution in [0, 0.1) is 0 Å². The van der Waals surface area contributed by atoms with Gasteiger partial charge < -0.3 is 4.90 Å². The lowest BCUT2D eigenvalue weighted by molar-refractivity contribution is 0.670. The summed E-state index contributed by atoms with van der Waals surface area (Å²) in [5, 5.41) is 0. The zero-order valence-corrected chi connectivity index (χ0v) is 9.54. The standard InChI is InChI=1S/C13H19N/c1-6-13(2,3)11-9-7-8-10-12(11)14(4)5/h6-10H,1H2,2-5H3. The molecule has 0 N–H and O–H groups in total. The summed E-state index contributed by atoms with van der Waals surface area (Å²) in [7, 11) is 4.13. The third kappa shape index (κ3) is 1.98. The Morgan fingerprint density at radius 2 is 1.79 bits per heavy atom. The van der Waals surface area contributed by atoms with Crippen molar-refractivity contribution >= 4 is 5.69 Å². The Kier molecular flexibility index (Phi) is 3.00. The average Bonchev–Trinajstić information content (AvgIpc) is 2.18. The third-order valence-electron chi connectivity index (χ3n) is 2.59. The van der Waals surface area contributed by atoms with E-state index in [1.165, 1.54) is 11.3 Å². The van der Waals surface area contributed by atoms with Gasteiger partial charge in [-0.3, -0.25) is 0 Å². The van der Waals surface area contributed by atoms with Crippen LogP contribution >= 0.6 is 0 Å². The molecule has 0 aliphatic rings. The number of rotatable bonds is 3. The Labute approximate surface area is 87.1 Å². The molecule has 0 spiro atoms. The van der Waals surface area contributed by atoms with Gasteiger partial charge in [-0.1, -0.05) is 38.1 Å². The minimum absolute atomic E-state index is 0.0286. The molecule has 0 atom stereocenters. The summed E-state index contributed by atoms with van der Waals surface area (Å²) in [5.41, 5.74) is 2.61. The van der Waals surface area contributed by atoms with Crippen molar-refractivity contribution < 1.29 is 0 Å². The predicted molar refractivity (Wildman–Crippen MR) is 64.0 cm³/mol. The summed E-state index contributed by atoms with van der Waals surface area (Å²) in [6.07, 6.45) is 2.00. The Morgan fingerprint density at radius 1 is 1.21 bits per heavy atom. The highest BCUT2D eigenvalue weighted by molar-refractivity contribution is 5.56. The van der Waals surface area contributed by atoms with E-state index in [2.05, 4.69) is 63.7 Å². The van der Waals surface area contributed by atoms with Crippen LogP contribution in [0.5, 0.6) is 0 Å². The molecule has 0 bridgehead atoms. The van der Waals surface area contributed by atoms with Gasteiger partial charge in [-0.15, -0.1) is 6.58 Å². The van der Waals surface area contributed by atoms with Crippen LogP contribution in [0.4, 0.5) is 5.69 Å².